The Balaban J connectivity index is 1.39. The van der Waals surface area contributed by atoms with Crippen molar-refractivity contribution in [3.05, 3.63) is 53.0 Å². The van der Waals surface area contributed by atoms with Crippen molar-refractivity contribution in [1.82, 2.24) is 24.3 Å². The summed E-state index contributed by atoms with van der Waals surface area (Å²) in [6.45, 7) is 3.01. The Morgan fingerprint density at radius 3 is 3.00 bits per heavy atom. The number of halogens is 1. The van der Waals surface area contributed by atoms with Crippen LogP contribution < -0.4 is 0 Å². The fourth-order valence-corrected chi connectivity index (χ4v) is 4.28. The zero-order valence-corrected chi connectivity index (χ0v) is 16.7. The predicted molar refractivity (Wildman–Crippen MR) is 107 cm³/mol. The van der Waals surface area contributed by atoms with Gasteiger partial charge in [0.2, 0.25) is 0 Å². The lowest BCUT2D eigenvalue weighted by Gasteiger charge is -2.26. The van der Waals surface area contributed by atoms with Gasteiger partial charge in [0.25, 0.3) is 11.8 Å². The molecule has 2 aliphatic rings. The number of aromatic amines is 1. The molecule has 3 aromatic rings. The molecular formula is C21H22FN5O3. The minimum atomic E-state index is -0.293. The Bertz CT molecular complexity index is 1150. The zero-order chi connectivity index (χ0) is 20.8. The van der Waals surface area contributed by atoms with Gasteiger partial charge in [0.1, 0.15) is 11.5 Å². The number of amides is 2. The number of H-pyrrole nitrogens is 1. The molecule has 2 aliphatic heterocycles. The molecule has 2 amide bonds. The van der Waals surface area contributed by atoms with E-state index >= 15 is 0 Å². The van der Waals surface area contributed by atoms with Crippen LogP contribution in [0, 0.1) is 5.82 Å². The monoisotopic (exact) mass is 411 g/mol. The van der Waals surface area contributed by atoms with Gasteiger partial charge in [0.05, 0.1) is 12.1 Å². The van der Waals surface area contributed by atoms with Crippen LogP contribution in [0.25, 0.3) is 10.9 Å². The standard InChI is InChI=1S/C21H22FN5O3/c1-30-10-9-25-7-8-26-12-17(24-19(26)21(25)29)20(28)27-6-5-16-14(11-27)13-3-2-4-15(22)18(13)23-16/h2-4,12,23H,5-11H2,1H3. The second-order valence-corrected chi connectivity index (χ2v) is 7.65. The van der Waals surface area contributed by atoms with Crippen molar-refractivity contribution < 1.29 is 18.7 Å². The van der Waals surface area contributed by atoms with Gasteiger partial charge in [0, 0.05) is 69.1 Å². The van der Waals surface area contributed by atoms with Gasteiger partial charge in [-0.25, -0.2) is 9.37 Å². The summed E-state index contributed by atoms with van der Waals surface area (Å²) in [7, 11) is 1.60. The van der Waals surface area contributed by atoms with Crippen molar-refractivity contribution in [1.29, 1.82) is 0 Å². The van der Waals surface area contributed by atoms with Crippen LogP contribution in [-0.2, 0) is 24.2 Å². The number of benzene rings is 1. The lowest BCUT2D eigenvalue weighted by atomic mass is 10.0. The van der Waals surface area contributed by atoms with Gasteiger partial charge in [-0.05, 0) is 6.07 Å². The number of fused-ring (bicyclic) bond motifs is 4. The smallest absolute Gasteiger partial charge is 0.290 e. The first kappa shape index (κ1) is 18.8. The fourth-order valence-electron chi connectivity index (χ4n) is 4.28. The van der Waals surface area contributed by atoms with Gasteiger partial charge in [-0.15, -0.1) is 0 Å². The fraction of sp³-hybridized carbons (Fsp3) is 0.381. The lowest BCUT2D eigenvalue weighted by molar-refractivity contribution is 0.0633. The molecule has 5 rings (SSSR count). The summed E-state index contributed by atoms with van der Waals surface area (Å²) in [5, 5.41) is 0.801. The Kier molecular flexibility index (Phi) is 4.54. The third-order valence-corrected chi connectivity index (χ3v) is 5.90. The molecule has 0 fully saturated rings. The number of aromatic nitrogens is 3. The Morgan fingerprint density at radius 2 is 2.17 bits per heavy atom. The number of methoxy groups -OCH3 is 1. The molecule has 0 radical (unpaired) electrons. The van der Waals surface area contributed by atoms with Crippen molar-refractivity contribution in [2.75, 3.05) is 33.4 Å². The van der Waals surface area contributed by atoms with Gasteiger partial charge in [-0.3, -0.25) is 9.59 Å². The van der Waals surface area contributed by atoms with E-state index in [1.807, 2.05) is 6.07 Å². The van der Waals surface area contributed by atoms with Gasteiger partial charge in [0.15, 0.2) is 5.82 Å². The first-order chi connectivity index (χ1) is 14.6. The highest BCUT2D eigenvalue weighted by Gasteiger charge is 2.31. The molecule has 8 nitrogen and oxygen atoms in total. The number of ether oxygens (including phenoxy) is 1. The summed E-state index contributed by atoms with van der Waals surface area (Å²) in [5.41, 5.74) is 2.65. The van der Waals surface area contributed by atoms with Gasteiger partial charge in [-0.2, -0.15) is 0 Å². The minimum absolute atomic E-state index is 0.189. The van der Waals surface area contributed by atoms with Crippen LogP contribution in [0.3, 0.4) is 0 Å². The maximum Gasteiger partial charge on any atom is 0.290 e. The van der Waals surface area contributed by atoms with E-state index in [1.165, 1.54) is 6.07 Å². The van der Waals surface area contributed by atoms with E-state index in [4.69, 9.17) is 4.74 Å². The summed E-state index contributed by atoms with van der Waals surface area (Å²) in [4.78, 5) is 36.7. The summed E-state index contributed by atoms with van der Waals surface area (Å²) < 4.78 is 20.9. The van der Waals surface area contributed by atoms with Crippen molar-refractivity contribution >= 4 is 22.7 Å². The molecule has 0 spiro atoms. The van der Waals surface area contributed by atoms with Gasteiger partial charge < -0.3 is 24.1 Å². The number of carbonyl (C=O) groups excluding carboxylic acids is 2. The molecule has 0 unspecified atom stereocenters. The molecule has 2 aromatic heterocycles. The van der Waals surface area contributed by atoms with E-state index in [2.05, 4.69) is 9.97 Å². The predicted octanol–water partition coefficient (Wildman–Crippen LogP) is 1.80. The highest BCUT2D eigenvalue weighted by molar-refractivity contribution is 5.97. The van der Waals surface area contributed by atoms with E-state index in [0.717, 1.165) is 16.6 Å². The zero-order valence-electron chi connectivity index (χ0n) is 16.7. The Labute approximate surface area is 172 Å². The number of nitrogens with zero attached hydrogens (tertiary/aromatic N) is 4. The maximum absolute atomic E-state index is 14.1. The summed E-state index contributed by atoms with van der Waals surface area (Å²) in [6, 6.07) is 4.97. The van der Waals surface area contributed by atoms with Gasteiger partial charge in [-0.1, -0.05) is 12.1 Å². The van der Waals surface area contributed by atoms with E-state index in [-0.39, 0.29) is 29.1 Å². The van der Waals surface area contributed by atoms with Crippen LogP contribution in [0.1, 0.15) is 32.4 Å². The van der Waals surface area contributed by atoms with Crippen LogP contribution in [0.15, 0.2) is 24.4 Å². The molecule has 0 bridgehead atoms. The number of para-hydroxylation sites is 1. The molecular weight excluding hydrogens is 389 g/mol. The third-order valence-electron chi connectivity index (χ3n) is 5.90. The van der Waals surface area contributed by atoms with Crippen molar-refractivity contribution in [3.8, 4) is 0 Å². The molecule has 9 heteroatoms. The van der Waals surface area contributed by atoms with Crippen LogP contribution in [0.2, 0.25) is 0 Å². The topological polar surface area (TPSA) is 83.5 Å². The number of carbonyl (C=O) groups is 2. The average Bonchev–Trinajstić information content (AvgIpc) is 3.35. The van der Waals surface area contributed by atoms with E-state index < -0.39 is 0 Å². The van der Waals surface area contributed by atoms with E-state index in [9.17, 15) is 14.0 Å². The average molecular weight is 411 g/mol. The van der Waals surface area contributed by atoms with Gasteiger partial charge >= 0.3 is 0 Å². The summed E-state index contributed by atoms with van der Waals surface area (Å²) in [5.74, 6) is -0.416. The summed E-state index contributed by atoms with van der Waals surface area (Å²) in [6.07, 6.45) is 2.28. The first-order valence-corrected chi connectivity index (χ1v) is 9.99. The lowest BCUT2D eigenvalue weighted by Crippen LogP contribution is -2.42. The van der Waals surface area contributed by atoms with Crippen molar-refractivity contribution in [3.63, 3.8) is 0 Å². The molecule has 4 heterocycles. The largest absolute Gasteiger partial charge is 0.383 e. The summed E-state index contributed by atoms with van der Waals surface area (Å²) >= 11 is 0. The molecule has 1 aromatic carbocycles. The van der Waals surface area contributed by atoms with Crippen molar-refractivity contribution in [2.24, 2.45) is 0 Å². The van der Waals surface area contributed by atoms with Crippen LogP contribution in [0.5, 0.6) is 0 Å². The van der Waals surface area contributed by atoms with Crippen LogP contribution >= 0.6 is 0 Å². The second kappa shape index (κ2) is 7.24. The van der Waals surface area contributed by atoms with E-state index in [1.54, 1.807) is 33.7 Å². The number of nitrogens with one attached hydrogen (secondary N) is 1. The first-order valence-electron chi connectivity index (χ1n) is 9.99. The molecule has 156 valence electrons. The van der Waals surface area contributed by atoms with E-state index in [0.29, 0.717) is 51.3 Å². The quantitative estimate of drug-likeness (QED) is 0.710. The molecule has 1 N–H and O–H groups in total. The highest BCUT2D eigenvalue weighted by Crippen LogP contribution is 2.29. The third kappa shape index (κ3) is 2.97. The number of rotatable bonds is 4. The molecule has 0 atom stereocenters. The molecule has 0 saturated carbocycles. The maximum atomic E-state index is 14.1. The van der Waals surface area contributed by atoms with Crippen molar-refractivity contribution in [2.45, 2.75) is 19.5 Å². The Hall–Kier alpha value is -3.20. The van der Waals surface area contributed by atoms with Crippen LogP contribution in [0.4, 0.5) is 4.39 Å². The number of imidazole rings is 1. The molecule has 0 aliphatic carbocycles. The minimum Gasteiger partial charge on any atom is -0.383 e. The number of hydrogen-bond donors (Lipinski definition) is 1. The Morgan fingerprint density at radius 1 is 1.30 bits per heavy atom. The van der Waals surface area contributed by atoms with Crippen LogP contribution in [-0.4, -0.2) is 69.5 Å². The second-order valence-electron chi connectivity index (χ2n) is 7.65. The SMILES string of the molecule is COCCN1CCn2cc(C(=O)N3CCc4[nH]c5c(F)cccc5c4C3)nc2C1=O. The molecule has 30 heavy (non-hydrogen) atoms. The normalized spacial score (nSPS) is 16.1. The molecule has 0 saturated heterocycles. The number of hydrogen-bond acceptors (Lipinski definition) is 4. The highest BCUT2D eigenvalue weighted by atomic mass is 19.1.